The van der Waals surface area contributed by atoms with Crippen molar-refractivity contribution in [3.63, 3.8) is 0 Å². The Kier molecular flexibility index (Phi) is 7.00. The van der Waals surface area contributed by atoms with Gasteiger partial charge in [-0.1, -0.05) is 24.6 Å². The van der Waals surface area contributed by atoms with E-state index < -0.39 is 0 Å². The summed E-state index contributed by atoms with van der Waals surface area (Å²) in [6, 6.07) is 5.65. The van der Waals surface area contributed by atoms with Gasteiger partial charge in [0, 0.05) is 13.0 Å². The van der Waals surface area contributed by atoms with Crippen molar-refractivity contribution < 1.29 is 14.3 Å². The molecule has 2 rings (SSSR count). The lowest BCUT2D eigenvalue weighted by Gasteiger charge is -2.10. The average molecular weight is 326 g/mol. The van der Waals surface area contributed by atoms with Crippen LogP contribution < -0.4 is 10.1 Å². The van der Waals surface area contributed by atoms with Crippen LogP contribution in [0.15, 0.2) is 18.2 Å². The third-order valence-corrected chi connectivity index (χ3v) is 3.76. The summed E-state index contributed by atoms with van der Waals surface area (Å²) in [7, 11) is 0. The van der Waals surface area contributed by atoms with Crippen molar-refractivity contribution in [3.8, 4) is 5.75 Å². The van der Waals surface area contributed by atoms with E-state index in [-0.39, 0.29) is 5.91 Å². The molecule has 1 aromatic carbocycles. The van der Waals surface area contributed by atoms with Crippen molar-refractivity contribution >= 4 is 17.5 Å². The van der Waals surface area contributed by atoms with Gasteiger partial charge in [0.1, 0.15) is 12.4 Å². The number of hydrogen-bond donors (Lipinski definition) is 1. The first-order valence-corrected chi connectivity index (χ1v) is 8.32. The van der Waals surface area contributed by atoms with E-state index in [1.807, 2.05) is 18.2 Å². The molecule has 1 N–H and O–H groups in total. The third-order valence-electron chi connectivity index (χ3n) is 3.47. The predicted molar refractivity (Wildman–Crippen MR) is 87.2 cm³/mol. The van der Waals surface area contributed by atoms with Gasteiger partial charge in [-0.05, 0) is 42.9 Å². The Morgan fingerprint density at radius 2 is 2.18 bits per heavy atom. The van der Waals surface area contributed by atoms with Gasteiger partial charge in [-0.25, -0.2) is 0 Å². The van der Waals surface area contributed by atoms with Crippen LogP contribution in [0, 0.1) is 5.92 Å². The summed E-state index contributed by atoms with van der Waals surface area (Å²) in [4.78, 5) is 11.5. The molecular weight excluding hydrogens is 302 g/mol. The maximum absolute atomic E-state index is 11.5. The summed E-state index contributed by atoms with van der Waals surface area (Å²) >= 11 is 6.19. The van der Waals surface area contributed by atoms with Crippen LogP contribution in [0.1, 0.15) is 38.2 Å². The van der Waals surface area contributed by atoms with Gasteiger partial charge in [-0.3, -0.25) is 4.79 Å². The monoisotopic (exact) mass is 325 g/mol. The lowest BCUT2D eigenvalue weighted by molar-refractivity contribution is -0.121. The molecule has 0 radical (unpaired) electrons. The molecule has 1 amide bonds. The van der Waals surface area contributed by atoms with Crippen LogP contribution in [-0.2, 0) is 16.1 Å². The topological polar surface area (TPSA) is 47.6 Å². The number of carbonyl (C=O) groups excluding carboxylic acids is 1. The Hall–Kier alpha value is -1.26. The summed E-state index contributed by atoms with van der Waals surface area (Å²) < 4.78 is 11.1. The van der Waals surface area contributed by atoms with Crippen LogP contribution >= 0.6 is 11.6 Å². The van der Waals surface area contributed by atoms with Crippen LogP contribution in [0.25, 0.3) is 0 Å². The van der Waals surface area contributed by atoms with E-state index >= 15 is 0 Å². The molecular formula is C17H24ClNO3. The van der Waals surface area contributed by atoms with Crippen LogP contribution in [0.4, 0.5) is 0 Å². The Labute approximate surface area is 137 Å². The quantitative estimate of drug-likeness (QED) is 0.669. The Bertz CT molecular complexity index is 489. The van der Waals surface area contributed by atoms with Crippen molar-refractivity contribution in [2.24, 2.45) is 5.92 Å². The second kappa shape index (κ2) is 9.01. The molecule has 1 aliphatic rings. The van der Waals surface area contributed by atoms with E-state index in [2.05, 4.69) is 12.2 Å². The second-order valence-corrected chi connectivity index (χ2v) is 6.07. The second-order valence-electron chi connectivity index (χ2n) is 5.66. The van der Waals surface area contributed by atoms with Crippen LogP contribution in [0.3, 0.4) is 0 Å². The molecule has 1 saturated carbocycles. The maximum Gasteiger partial charge on any atom is 0.220 e. The van der Waals surface area contributed by atoms with Gasteiger partial charge >= 0.3 is 0 Å². The SMILES string of the molecule is CCCOCc1ccc(OCCNC(=O)CC2CC2)c(Cl)c1. The van der Waals surface area contributed by atoms with Crippen molar-refractivity contribution in [1.29, 1.82) is 0 Å². The zero-order valence-corrected chi connectivity index (χ0v) is 13.8. The van der Waals surface area contributed by atoms with E-state index in [1.165, 1.54) is 12.8 Å². The highest BCUT2D eigenvalue weighted by Gasteiger charge is 2.23. The molecule has 0 atom stereocenters. The van der Waals surface area contributed by atoms with E-state index in [1.54, 1.807) is 0 Å². The van der Waals surface area contributed by atoms with E-state index in [9.17, 15) is 4.79 Å². The zero-order chi connectivity index (χ0) is 15.8. The molecule has 0 aromatic heterocycles. The molecule has 0 aliphatic heterocycles. The summed E-state index contributed by atoms with van der Waals surface area (Å²) in [6.45, 7) is 4.31. The van der Waals surface area contributed by atoms with Crippen LogP contribution in [-0.4, -0.2) is 25.7 Å². The number of nitrogens with one attached hydrogen (secondary N) is 1. The minimum absolute atomic E-state index is 0.112. The van der Waals surface area contributed by atoms with Crippen molar-refractivity contribution in [2.45, 2.75) is 39.2 Å². The molecule has 0 bridgehead atoms. The highest BCUT2D eigenvalue weighted by atomic mass is 35.5. The molecule has 0 spiro atoms. The molecule has 0 unspecified atom stereocenters. The molecule has 1 fully saturated rings. The van der Waals surface area contributed by atoms with Gasteiger partial charge in [0.15, 0.2) is 0 Å². The molecule has 4 nitrogen and oxygen atoms in total. The van der Waals surface area contributed by atoms with E-state index in [4.69, 9.17) is 21.1 Å². The van der Waals surface area contributed by atoms with Crippen molar-refractivity contribution in [3.05, 3.63) is 28.8 Å². The third kappa shape index (κ3) is 6.24. The minimum atomic E-state index is 0.112. The van der Waals surface area contributed by atoms with Gasteiger partial charge in [0.25, 0.3) is 0 Å². The summed E-state index contributed by atoms with van der Waals surface area (Å²) in [6.07, 6.45) is 4.02. The molecule has 0 heterocycles. The average Bonchev–Trinajstić information content (AvgIpc) is 3.29. The highest BCUT2D eigenvalue weighted by molar-refractivity contribution is 6.32. The number of carbonyl (C=O) groups is 1. The van der Waals surface area contributed by atoms with Crippen LogP contribution in [0.5, 0.6) is 5.75 Å². The molecule has 0 saturated heterocycles. The summed E-state index contributed by atoms with van der Waals surface area (Å²) in [5.74, 6) is 1.36. The minimum Gasteiger partial charge on any atom is -0.490 e. The van der Waals surface area contributed by atoms with Gasteiger partial charge in [0.2, 0.25) is 5.91 Å². The first-order valence-electron chi connectivity index (χ1n) is 7.94. The molecule has 1 aliphatic carbocycles. The smallest absolute Gasteiger partial charge is 0.220 e. The van der Waals surface area contributed by atoms with E-state index in [0.717, 1.165) is 18.6 Å². The van der Waals surface area contributed by atoms with Gasteiger partial charge in [-0.15, -0.1) is 0 Å². The Morgan fingerprint density at radius 3 is 2.86 bits per heavy atom. The van der Waals surface area contributed by atoms with Gasteiger partial charge < -0.3 is 14.8 Å². The molecule has 5 heteroatoms. The van der Waals surface area contributed by atoms with Crippen molar-refractivity contribution in [2.75, 3.05) is 19.8 Å². The number of amides is 1. The fraction of sp³-hybridized carbons (Fsp3) is 0.588. The first kappa shape index (κ1) is 17.1. The normalized spacial score (nSPS) is 13.9. The fourth-order valence-corrected chi connectivity index (χ4v) is 2.35. The fourth-order valence-electron chi connectivity index (χ4n) is 2.09. The van der Waals surface area contributed by atoms with Gasteiger partial charge in [-0.2, -0.15) is 0 Å². The molecule has 1 aromatic rings. The van der Waals surface area contributed by atoms with Crippen molar-refractivity contribution in [1.82, 2.24) is 5.32 Å². The number of rotatable bonds is 10. The lowest BCUT2D eigenvalue weighted by atomic mass is 10.2. The number of hydrogen-bond acceptors (Lipinski definition) is 3. The highest BCUT2D eigenvalue weighted by Crippen LogP contribution is 2.32. The molecule has 22 heavy (non-hydrogen) atoms. The first-order chi connectivity index (χ1) is 10.7. The summed E-state index contributed by atoms with van der Waals surface area (Å²) in [5, 5.41) is 3.43. The van der Waals surface area contributed by atoms with E-state index in [0.29, 0.717) is 42.9 Å². The lowest BCUT2D eigenvalue weighted by Crippen LogP contribution is -2.28. The molecule has 122 valence electrons. The number of benzene rings is 1. The largest absolute Gasteiger partial charge is 0.490 e. The van der Waals surface area contributed by atoms with Crippen LogP contribution in [0.2, 0.25) is 5.02 Å². The number of ether oxygens (including phenoxy) is 2. The number of halogens is 1. The Balaban J connectivity index is 1.67. The standard InChI is InChI=1S/C17H24ClNO3/c1-2-8-21-12-14-5-6-16(15(18)10-14)22-9-7-19-17(20)11-13-3-4-13/h5-6,10,13H,2-4,7-9,11-12H2,1H3,(H,19,20). The predicted octanol–water partition coefficient (Wildman–Crippen LogP) is 3.56. The maximum atomic E-state index is 11.5. The zero-order valence-electron chi connectivity index (χ0n) is 13.1. The Morgan fingerprint density at radius 1 is 1.36 bits per heavy atom. The van der Waals surface area contributed by atoms with Gasteiger partial charge in [0.05, 0.1) is 18.2 Å². The summed E-state index contributed by atoms with van der Waals surface area (Å²) in [5.41, 5.74) is 1.03.